The lowest BCUT2D eigenvalue weighted by Gasteiger charge is -2.39. The summed E-state index contributed by atoms with van der Waals surface area (Å²) in [6, 6.07) is 6.40. The molecule has 5 heterocycles. The van der Waals surface area contributed by atoms with Crippen LogP contribution in [-0.2, 0) is 0 Å². The maximum absolute atomic E-state index is 16.5. The highest BCUT2D eigenvalue weighted by molar-refractivity contribution is 6.36. The first-order chi connectivity index (χ1) is 20.7. The maximum Gasteiger partial charge on any atom is 0.407 e. The largest absolute Gasteiger partial charge is 0.465 e. The van der Waals surface area contributed by atoms with Crippen molar-refractivity contribution < 1.29 is 23.4 Å². The van der Waals surface area contributed by atoms with Crippen LogP contribution in [0.5, 0.6) is 6.01 Å². The molecule has 2 fully saturated rings. The monoisotopic (exact) mass is 608 g/mol. The average molecular weight is 609 g/mol. The Morgan fingerprint density at radius 2 is 2.05 bits per heavy atom. The number of alkyl halides is 1. The van der Waals surface area contributed by atoms with Gasteiger partial charge in [-0.15, -0.1) is 0 Å². The molecule has 3 atom stereocenters. The van der Waals surface area contributed by atoms with Crippen molar-refractivity contribution in [3.63, 3.8) is 0 Å². The summed E-state index contributed by atoms with van der Waals surface area (Å²) in [5, 5.41) is 21.0. The number of ether oxygens (including phenoxy) is 1. The maximum atomic E-state index is 16.5. The number of benzene rings is 1. The van der Waals surface area contributed by atoms with E-state index in [0.29, 0.717) is 33.6 Å². The number of likely N-dealkylation sites (tertiary alicyclic amines) is 1. The molecule has 0 aliphatic carbocycles. The van der Waals surface area contributed by atoms with Crippen LogP contribution in [0, 0.1) is 17.1 Å². The number of halogens is 3. The normalized spacial score (nSPS) is 21.0. The van der Waals surface area contributed by atoms with Gasteiger partial charge >= 0.3 is 12.1 Å². The number of pyridine rings is 2. The number of piperazine rings is 1. The van der Waals surface area contributed by atoms with Gasteiger partial charge in [-0.1, -0.05) is 23.7 Å². The van der Waals surface area contributed by atoms with Gasteiger partial charge in [-0.05, 0) is 19.5 Å². The number of aromatic nitrogens is 4. The predicted molar refractivity (Wildman–Crippen MR) is 155 cm³/mol. The van der Waals surface area contributed by atoms with Crippen molar-refractivity contribution in [2.75, 3.05) is 44.7 Å². The molecule has 14 heteroatoms. The Hall–Kier alpha value is -4.41. The third-order valence-corrected chi connectivity index (χ3v) is 8.34. The fourth-order valence-electron chi connectivity index (χ4n) is 5.84. The highest BCUT2D eigenvalue weighted by atomic mass is 35.5. The number of carbonyl (C=O) groups is 1. The Bertz CT molecular complexity index is 1750. The molecule has 0 bridgehead atoms. The number of likely N-dealkylation sites (N-methyl/N-ethyl adjacent to an activating group) is 1. The second-order valence-electron chi connectivity index (χ2n) is 10.7. The summed E-state index contributed by atoms with van der Waals surface area (Å²) in [4.78, 5) is 34.4. The third kappa shape index (κ3) is 5.44. The molecular formula is C29H27ClF2N8O3. The number of amides is 1. The molecule has 0 saturated carbocycles. The molecule has 1 amide bonds. The Kier molecular flexibility index (Phi) is 7.81. The van der Waals surface area contributed by atoms with E-state index in [1.165, 1.54) is 17.3 Å². The summed E-state index contributed by atoms with van der Waals surface area (Å²) in [5.74, 6) is -0.442. The van der Waals surface area contributed by atoms with E-state index in [1.54, 1.807) is 30.3 Å². The van der Waals surface area contributed by atoms with Crippen molar-refractivity contribution in [2.45, 2.75) is 31.1 Å². The minimum absolute atomic E-state index is 0.0110. The molecule has 1 aromatic carbocycles. The molecule has 3 aromatic heterocycles. The highest BCUT2D eigenvalue weighted by Gasteiger charge is 2.33. The average Bonchev–Trinajstić information content (AvgIpc) is 3.32. The summed E-state index contributed by atoms with van der Waals surface area (Å²) in [6.45, 7) is 0.876. The van der Waals surface area contributed by atoms with Gasteiger partial charge in [0.1, 0.15) is 29.8 Å². The molecular weight excluding hydrogens is 582 g/mol. The first-order valence-electron chi connectivity index (χ1n) is 13.7. The lowest BCUT2D eigenvalue weighted by molar-refractivity contribution is 0.119. The zero-order chi connectivity index (χ0) is 30.2. The van der Waals surface area contributed by atoms with Gasteiger partial charge < -0.3 is 19.6 Å². The van der Waals surface area contributed by atoms with Gasteiger partial charge in [-0.2, -0.15) is 15.2 Å². The van der Waals surface area contributed by atoms with Crippen LogP contribution in [0.4, 0.5) is 19.4 Å². The topological polar surface area (TPSA) is 132 Å². The van der Waals surface area contributed by atoms with Crippen molar-refractivity contribution in [2.24, 2.45) is 0 Å². The molecule has 6 rings (SSSR count). The molecule has 2 saturated heterocycles. The molecule has 222 valence electrons. The zero-order valence-corrected chi connectivity index (χ0v) is 23.9. The molecule has 11 nitrogen and oxygen atoms in total. The Balaban J connectivity index is 1.46. The Morgan fingerprint density at radius 3 is 2.79 bits per heavy atom. The summed E-state index contributed by atoms with van der Waals surface area (Å²) in [5.41, 5.74) is 0.314. The minimum atomic E-state index is -1.12. The van der Waals surface area contributed by atoms with Crippen LogP contribution >= 0.6 is 11.6 Å². The van der Waals surface area contributed by atoms with Crippen LogP contribution in [0.1, 0.15) is 12.8 Å². The standard InChI is InChI=1S/C29H27ClF2N8O3/c1-38-13-17(31)9-19(38)15-43-28-36-26-21(27(37-28)39-7-8-40(29(41)42)18(14-39)5-6-33)12-35-25(24(26)32)20-11-34-10-16-3-2-4-22(30)23(16)20/h2-4,10-12,17-19H,5,7-9,13-15H2,1H3,(H,41,42)/t17-,18+,19+/m1/s1. The van der Waals surface area contributed by atoms with Crippen molar-refractivity contribution in [1.82, 2.24) is 29.7 Å². The number of hydrogen-bond donors (Lipinski definition) is 1. The van der Waals surface area contributed by atoms with Gasteiger partial charge in [0.2, 0.25) is 0 Å². The van der Waals surface area contributed by atoms with Crippen LogP contribution in [-0.4, -0.2) is 99.0 Å². The van der Waals surface area contributed by atoms with Crippen molar-refractivity contribution in [3.8, 4) is 23.3 Å². The van der Waals surface area contributed by atoms with Gasteiger partial charge in [-0.25, -0.2) is 13.6 Å². The second kappa shape index (κ2) is 11.7. The van der Waals surface area contributed by atoms with E-state index < -0.39 is 24.1 Å². The third-order valence-electron chi connectivity index (χ3n) is 8.03. The number of nitrogens with zero attached hydrogens (tertiary/aromatic N) is 8. The summed E-state index contributed by atoms with van der Waals surface area (Å²) in [6.07, 6.45) is 2.76. The predicted octanol–water partition coefficient (Wildman–Crippen LogP) is 4.54. The smallest absolute Gasteiger partial charge is 0.407 e. The van der Waals surface area contributed by atoms with E-state index in [4.69, 9.17) is 16.3 Å². The SMILES string of the molecule is CN1C[C@H](F)C[C@H]1COc1nc(N2CCN(C(=O)O)[C@@H](CC#N)C2)c2cnc(-c3cncc4cccc(Cl)c34)c(F)c2n1. The van der Waals surface area contributed by atoms with Crippen molar-refractivity contribution in [3.05, 3.63) is 47.6 Å². The molecule has 2 aliphatic heterocycles. The quantitative estimate of drug-likeness (QED) is 0.333. The number of rotatable bonds is 6. The van der Waals surface area contributed by atoms with Crippen LogP contribution in [0.2, 0.25) is 5.02 Å². The van der Waals surface area contributed by atoms with E-state index in [0.717, 1.165) is 0 Å². The lowest BCUT2D eigenvalue weighted by atomic mass is 10.0. The minimum Gasteiger partial charge on any atom is -0.465 e. The van der Waals surface area contributed by atoms with E-state index in [-0.39, 0.29) is 67.9 Å². The second-order valence-corrected chi connectivity index (χ2v) is 11.1. The molecule has 0 spiro atoms. The number of nitriles is 1. The first kappa shape index (κ1) is 28.7. The summed E-state index contributed by atoms with van der Waals surface area (Å²) in [7, 11) is 1.80. The van der Waals surface area contributed by atoms with Crippen molar-refractivity contribution in [1.29, 1.82) is 5.26 Å². The fraction of sp³-hybridized carbons (Fsp3) is 0.379. The summed E-state index contributed by atoms with van der Waals surface area (Å²) >= 11 is 6.50. The highest BCUT2D eigenvalue weighted by Crippen LogP contribution is 2.37. The first-order valence-corrected chi connectivity index (χ1v) is 14.1. The van der Waals surface area contributed by atoms with E-state index in [9.17, 15) is 19.6 Å². The molecule has 0 radical (unpaired) electrons. The Labute approximate surface area is 250 Å². The van der Waals surface area contributed by atoms with Crippen LogP contribution in [0.15, 0.2) is 36.8 Å². The number of anilines is 1. The number of fused-ring (bicyclic) bond motifs is 2. The van der Waals surface area contributed by atoms with E-state index >= 15 is 4.39 Å². The fourth-order valence-corrected chi connectivity index (χ4v) is 6.12. The van der Waals surface area contributed by atoms with Gasteiger partial charge in [-0.3, -0.25) is 14.9 Å². The van der Waals surface area contributed by atoms with Gasteiger partial charge in [0, 0.05) is 72.2 Å². The number of carboxylic acid groups (broad SMARTS) is 1. The van der Waals surface area contributed by atoms with Gasteiger partial charge in [0.05, 0.1) is 23.9 Å². The van der Waals surface area contributed by atoms with Gasteiger partial charge in [0.15, 0.2) is 5.82 Å². The van der Waals surface area contributed by atoms with Gasteiger partial charge in [0.25, 0.3) is 0 Å². The van der Waals surface area contributed by atoms with E-state index in [2.05, 4.69) is 19.9 Å². The van der Waals surface area contributed by atoms with Crippen LogP contribution in [0.25, 0.3) is 32.9 Å². The zero-order valence-electron chi connectivity index (χ0n) is 23.1. The molecule has 1 N–H and O–H groups in total. The summed E-state index contributed by atoms with van der Waals surface area (Å²) < 4.78 is 36.4. The Morgan fingerprint density at radius 1 is 1.21 bits per heavy atom. The molecule has 0 unspecified atom stereocenters. The lowest BCUT2D eigenvalue weighted by Crippen LogP contribution is -2.55. The van der Waals surface area contributed by atoms with Crippen molar-refractivity contribution >= 4 is 45.2 Å². The molecule has 2 aliphatic rings. The van der Waals surface area contributed by atoms with Crippen LogP contribution in [0.3, 0.4) is 0 Å². The molecule has 4 aromatic rings. The number of hydrogen-bond acceptors (Lipinski definition) is 9. The van der Waals surface area contributed by atoms with Crippen LogP contribution < -0.4 is 9.64 Å². The molecule has 43 heavy (non-hydrogen) atoms. The van der Waals surface area contributed by atoms with E-state index in [1.807, 2.05) is 17.0 Å².